The number of sulfone groups is 1. The second-order valence-electron chi connectivity index (χ2n) is 6.14. The second-order valence-corrected chi connectivity index (χ2v) is 8.44. The maximum atomic E-state index is 12.7. The summed E-state index contributed by atoms with van der Waals surface area (Å²) in [6.45, 7) is 0. The molecule has 0 spiro atoms. The molecule has 25 heavy (non-hydrogen) atoms. The van der Waals surface area contributed by atoms with Gasteiger partial charge < -0.3 is 5.32 Å². The summed E-state index contributed by atoms with van der Waals surface area (Å²) in [5.74, 6) is -0.382. The zero-order valence-electron chi connectivity index (χ0n) is 13.6. The molecule has 1 aliphatic heterocycles. The SMILES string of the molecule is O=C(NC1CCS(=O)(=O)CC1)c1ccccc1C(=O)c1ccccc1. The van der Waals surface area contributed by atoms with Crippen LogP contribution in [0.4, 0.5) is 0 Å². The van der Waals surface area contributed by atoms with Gasteiger partial charge in [0.1, 0.15) is 9.84 Å². The van der Waals surface area contributed by atoms with Gasteiger partial charge in [0, 0.05) is 17.2 Å². The predicted molar refractivity (Wildman–Crippen MR) is 95.5 cm³/mol. The summed E-state index contributed by atoms with van der Waals surface area (Å²) in [5, 5.41) is 2.86. The smallest absolute Gasteiger partial charge is 0.252 e. The highest BCUT2D eigenvalue weighted by Crippen LogP contribution is 2.17. The van der Waals surface area contributed by atoms with Gasteiger partial charge in [0.25, 0.3) is 5.91 Å². The summed E-state index contributed by atoms with van der Waals surface area (Å²) in [7, 11) is -2.98. The Bertz CT molecular complexity index is 877. The Morgan fingerprint density at radius 2 is 1.40 bits per heavy atom. The van der Waals surface area contributed by atoms with Crippen LogP contribution in [0.5, 0.6) is 0 Å². The van der Waals surface area contributed by atoms with E-state index in [4.69, 9.17) is 0 Å². The average molecular weight is 357 g/mol. The van der Waals surface area contributed by atoms with Crippen LogP contribution >= 0.6 is 0 Å². The molecule has 0 aromatic heterocycles. The van der Waals surface area contributed by atoms with E-state index in [1.54, 1.807) is 48.5 Å². The minimum absolute atomic E-state index is 0.0859. The van der Waals surface area contributed by atoms with Crippen molar-refractivity contribution in [3.8, 4) is 0 Å². The molecule has 1 amide bonds. The van der Waals surface area contributed by atoms with Crippen molar-refractivity contribution < 1.29 is 18.0 Å². The quantitative estimate of drug-likeness (QED) is 0.851. The summed E-state index contributed by atoms with van der Waals surface area (Å²) in [5.41, 5.74) is 1.17. The lowest BCUT2D eigenvalue weighted by Crippen LogP contribution is -2.41. The van der Waals surface area contributed by atoms with E-state index >= 15 is 0 Å². The largest absolute Gasteiger partial charge is 0.349 e. The fourth-order valence-corrected chi connectivity index (χ4v) is 4.41. The number of carbonyl (C=O) groups is 2. The van der Waals surface area contributed by atoms with Crippen LogP contribution in [-0.2, 0) is 9.84 Å². The fraction of sp³-hybridized carbons (Fsp3) is 0.263. The molecule has 3 rings (SSSR count). The number of benzene rings is 2. The Morgan fingerprint density at radius 3 is 2.04 bits per heavy atom. The standard InChI is InChI=1S/C19H19NO4S/c21-18(14-6-2-1-3-7-14)16-8-4-5-9-17(16)19(22)20-15-10-12-25(23,24)13-11-15/h1-9,15H,10-13H2,(H,20,22). The van der Waals surface area contributed by atoms with E-state index in [0.717, 1.165) is 0 Å². The molecule has 1 fully saturated rings. The highest BCUT2D eigenvalue weighted by Gasteiger charge is 2.26. The predicted octanol–water partition coefficient (Wildman–Crippen LogP) is 2.22. The zero-order chi connectivity index (χ0) is 17.9. The van der Waals surface area contributed by atoms with Gasteiger partial charge in [-0.25, -0.2) is 8.42 Å². The van der Waals surface area contributed by atoms with Crippen LogP contribution in [0.2, 0.25) is 0 Å². The van der Waals surface area contributed by atoms with E-state index < -0.39 is 9.84 Å². The molecule has 0 atom stereocenters. The number of hydrogen-bond acceptors (Lipinski definition) is 4. The average Bonchev–Trinajstić information content (AvgIpc) is 2.63. The van der Waals surface area contributed by atoms with Gasteiger partial charge in [-0.2, -0.15) is 0 Å². The molecule has 1 N–H and O–H groups in total. The maximum Gasteiger partial charge on any atom is 0.252 e. The molecule has 0 aliphatic carbocycles. The molecule has 2 aromatic carbocycles. The lowest BCUT2D eigenvalue weighted by molar-refractivity contribution is 0.0924. The summed E-state index contributed by atoms with van der Waals surface area (Å²) in [4.78, 5) is 25.3. The third-order valence-corrected chi connectivity index (χ3v) is 6.06. The van der Waals surface area contributed by atoms with Crippen molar-refractivity contribution in [3.63, 3.8) is 0 Å². The van der Waals surface area contributed by atoms with Gasteiger partial charge in [0.15, 0.2) is 5.78 Å². The van der Waals surface area contributed by atoms with Crippen LogP contribution in [0.15, 0.2) is 54.6 Å². The minimum Gasteiger partial charge on any atom is -0.349 e. The molecule has 2 aromatic rings. The molecule has 1 heterocycles. The van der Waals surface area contributed by atoms with Gasteiger partial charge >= 0.3 is 0 Å². The molecular weight excluding hydrogens is 338 g/mol. The van der Waals surface area contributed by atoms with E-state index in [9.17, 15) is 18.0 Å². The number of nitrogens with one attached hydrogen (secondary N) is 1. The van der Waals surface area contributed by atoms with Crippen molar-refractivity contribution >= 4 is 21.5 Å². The van der Waals surface area contributed by atoms with Crippen LogP contribution in [0.1, 0.15) is 39.1 Å². The molecule has 5 nitrogen and oxygen atoms in total. The molecular formula is C19H19NO4S. The molecule has 130 valence electrons. The van der Waals surface area contributed by atoms with Crippen LogP contribution in [0.25, 0.3) is 0 Å². The molecule has 0 bridgehead atoms. The Hall–Kier alpha value is -2.47. The third kappa shape index (κ3) is 4.14. The van der Waals surface area contributed by atoms with Crippen LogP contribution in [-0.4, -0.2) is 37.7 Å². The topological polar surface area (TPSA) is 80.3 Å². The lowest BCUT2D eigenvalue weighted by Gasteiger charge is -2.23. The molecule has 1 saturated heterocycles. The first kappa shape index (κ1) is 17.4. The molecule has 0 unspecified atom stereocenters. The normalized spacial score (nSPS) is 17.0. The van der Waals surface area contributed by atoms with Gasteiger partial charge in [-0.15, -0.1) is 0 Å². The van der Waals surface area contributed by atoms with Gasteiger partial charge in [-0.05, 0) is 18.9 Å². The van der Waals surface area contributed by atoms with Gasteiger partial charge in [0.2, 0.25) is 0 Å². The van der Waals surface area contributed by atoms with E-state index in [1.807, 2.05) is 6.07 Å². The zero-order valence-corrected chi connectivity index (χ0v) is 14.5. The van der Waals surface area contributed by atoms with E-state index in [2.05, 4.69) is 5.32 Å². The van der Waals surface area contributed by atoms with Crippen molar-refractivity contribution in [2.24, 2.45) is 0 Å². The van der Waals surface area contributed by atoms with Gasteiger partial charge in [-0.3, -0.25) is 9.59 Å². The first-order valence-electron chi connectivity index (χ1n) is 8.16. The van der Waals surface area contributed by atoms with E-state index in [1.165, 1.54) is 0 Å². The Balaban J connectivity index is 1.79. The van der Waals surface area contributed by atoms with Crippen molar-refractivity contribution in [1.29, 1.82) is 0 Å². The number of rotatable bonds is 4. The van der Waals surface area contributed by atoms with E-state index in [-0.39, 0.29) is 29.2 Å². The van der Waals surface area contributed by atoms with Crippen LogP contribution < -0.4 is 5.32 Å². The van der Waals surface area contributed by atoms with Gasteiger partial charge in [-0.1, -0.05) is 48.5 Å². The number of ketones is 1. The molecule has 1 aliphatic rings. The second kappa shape index (κ2) is 7.19. The Morgan fingerprint density at radius 1 is 0.840 bits per heavy atom. The molecule has 0 saturated carbocycles. The summed E-state index contributed by atoms with van der Waals surface area (Å²) < 4.78 is 23.0. The number of carbonyl (C=O) groups excluding carboxylic acids is 2. The van der Waals surface area contributed by atoms with Crippen molar-refractivity contribution in [2.45, 2.75) is 18.9 Å². The lowest BCUT2D eigenvalue weighted by atomic mass is 9.97. The molecule has 0 radical (unpaired) electrons. The Labute approximate surface area is 147 Å². The van der Waals surface area contributed by atoms with Crippen molar-refractivity contribution in [2.75, 3.05) is 11.5 Å². The van der Waals surface area contributed by atoms with E-state index in [0.29, 0.717) is 29.5 Å². The summed E-state index contributed by atoms with van der Waals surface area (Å²) in [6.07, 6.45) is 0.811. The van der Waals surface area contributed by atoms with Crippen molar-refractivity contribution in [3.05, 3.63) is 71.3 Å². The molecule has 6 heteroatoms. The summed E-state index contributed by atoms with van der Waals surface area (Å²) >= 11 is 0. The fourth-order valence-electron chi connectivity index (χ4n) is 2.92. The van der Waals surface area contributed by atoms with Crippen LogP contribution in [0, 0.1) is 0 Å². The highest BCUT2D eigenvalue weighted by molar-refractivity contribution is 7.91. The first-order valence-corrected chi connectivity index (χ1v) is 9.98. The number of hydrogen-bond donors (Lipinski definition) is 1. The minimum atomic E-state index is -2.98. The summed E-state index contributed by atoms with van der Waals surface area (Å²) in [6, 6.07) is 15.3. The third-order valence-electron chi connectivity index (χ3n) is 4.34. The highest BCUT2D eigenvalue weighted by atomic mass is 32.2. The van der Waals surface area contributed by atoms with Gasteiger partial charge in [0.05, 0.1) is 17.1 Å². The first-order chi connectivity index (χ1) is 12.0. The monoisotopic (exact) mass is 357 g/mol. The Kier molecular flexibility index (Phi) is 4.99. The number of amides is 1. The maximum absolute atomic E-state index is 12.7. The van der Waals surface area contributed by atoms with Crippen molar-refractivity contribution in [1.82, 2.24) is 5.32 Å². The van der Waals surface area contributed by atoms with Crippen LogP contribution in [0.3, 0.4) is 0 Å².